The zero-order valence-electron chi connectivity index (χ0n) is 37.2. The van der Waals surface area contributed by atoms with Crippen molar-refractivity contribution in [3.63, 3.8) is 0 Å². The summed E-state index contributed by atoms with van der Waals surface area (Å²) in [7, 11) is 0. The molecule has 0 atom stereocenters. The molecule has 0 aliphatic heterocycles. The van der Waals surface area contributed by atoms with E-state index in [1.165, 1.54) is 76.6 Å². The summed E-state index contributed by atoms with van der Waals surface area (Å²) in [5.41, 5.74) is 14.7. The highest BCUT2D eigenvalue weighted by molar-refractivity contribution is 6.14. The van der Waals surface area contributed by atoms with E-state index in [1.54, 1.807) is 0 Å². The number of hydrogen-bond donors (Lipinski definition) is 0. The third-order valence-electron chi connectivity index (χ3n) is 13.7. The van der Waals surface area contributed by atoms with Gasteiger partial charge < -0.3 is 9.32 Å². The summed E-state index contributed by atoms with van der Waals surface area (Å²) in [6.45, 7) is 0. The first-order valence-corrected chi connectivity index (χ1v) is 23.3. The minimum atomic E-state index is 0.865. The Morgan fingerprint density at radius 2 is 0.750 bits per heavy atom. The van der Waals surface area contributed by atoms with Crippen molar-refractivity contribution in [2.24, 2.45) is 0 Å². The highest BCUT2D eigenvalue weighted by Crippen LogP contribution is 2.44. The molecule has 0 saturated heterocycles. The van der Waals surface area contributed by atoms with Crippen molar-refractivity contribution in [2.45, 2.75) is 0 Å². The molecule has 0 radical (unpaired) electrons. The predicted octanol–water partition coefficient (Wildman–Crippen LogP) is 18.9. The maximum atomic E-state index is 6.32. The van der Waals surface area contributed by atoms with Gasteiger partial charge in [0.05, 0.1) is 5.69 Å². The van der Waals surface area contributed by atoms with Crippen LogP contribution in [0, 0.1) is 0 Å². The third kappa shape index (κ3) is 6.90. The van der Waals surface area contributed by atoms with Crippen LogP contribution in [0.4, 0.5) is 17.1 Å². The van der Waals surface area contributed by atoms with Gasteiger partial charge in [-0.25, -0.2) is 0 Å². The van der Waals surface area contributed by atoms with E-state index in [4.69, 9.17) is 4.42 Å². The van der Waals surface area contributed by atoms with Crippen molar-refractivity contribution in [3.8, 4) is 55.8 Å². The highest BCUT2D eigenvalue weighted by atomic mass is 16.3. The van der Waals surface area contributed by atoms with Crippen molar-refractivity contribution in [1.29, 1.82) is 0 Å². The van der Waals surface area contributed by atoms with Gasteiger partial charge in [0.2, 0.25) is 0 Å². The summed E-state index contributed by atoms with van der Waals surface area (Å²) in [5, 5.41) is 11.0. The first kappa shape index (κ1) is 39.4. The van der Waals surface area contributed by atoms with Crippen LogP contribution in [0.1, 0.15) is 0 Å². The number of fused-ring (bicyclic) bond motifs is 6. The molecule has 0 aliphatic carbocycles. The molecule has 0 fully saturated rings. The van der Waals surface area contributed by atoms with E-state index in [9.17, 15) is 0 Å². The monoisotopic (exact) mass is 865 g/mol. The van der Waals surface area contributed by atoms with Crippen molar-refractivity contribution in [3.05, 3.63) is 261 Å². The smallest absolute Gasteiger partial charge is 0.135 e. The second-order valence-electron chi connectivity index (χ2n) is 17.6. The molecule has 0 amide bonds. The van der Waals surface area contributed by atoms with Gasteiger partial charge in [-0.15, -0.1) is 0 Å². The number of para-hydroxylation sites is 1. The van der Waals surface area contributed by atoms with Crippen LogP contribution in [0.2, 0.25) is 0 Å². The van der Waals surface area contributed by atoms with E-state index in [-0.39, 0.29) is 0 Å². The number of benzene rings is 12. The minimum Gasteiger partial charge on any atom is -0.456 e. The molecule has 0 unspecified atom stereocenters. The first-order valence-electron chi connectivity index (χ1n) is 23.3. The van der Waals surface area contributed by atoms with E-state index >= 15 is 0 Å². The standard InChI is InChI=1S/C66H43NO/c1-4-19-55-46(13-1)16-12-25-56(55)47-29-27-44(28-30-47)45-31-35-53(36-32-45)67(54-37-33-48(34-38-54)63-42-50-14-2-5-20-57(50)59-21-6-7-23-61(59)63)64-40-39-58(60-22-8-9-24-62(60)64)49-17-11-18-51(41-49)66-43-52-15-3-10-26-65(52)68-66/h1-43H. The number of hydrogen-bond acceptors (Lipinski definition) is 2. The van der Waals surface area contributed by atoms with Crippen molar-refractivity contribution in [1.82, 2.24) is 0 Å². The van der Waals surface area contributed by atoms with Gasteiger partial charge in [0.25, 0.3) is 0 Å². The molecular formula is C66H43NO. The zero-order chi connectivity index (χ0) is 45.0. The quantitative estimate of drug-likeness (QED) is 0.142. The Kier molecular flexibility index (Phi) is 9.54. The van der Waals surface area contributed by atoms with Crippen molar-refractivity contribution >= 4 is 71.1 Å². The molecule has 12 aromatic carbocycles. The SMILES string of the molecule is c1cc(-c2cc3ccccc3o2)cc(-c2ccc(N(c3ccc(-c4ccc(-c5cccc6ccccc56)cc4)cc3)c3ccc(-c4cc5ccccc5c5ccccc45)cc3)c3ccccc23)c1. The third-order valence-corrected chi connectivity index (χ3v) is 13.7. The minimum absolute atomic E-state index is 0.865. The van der Waals surface area contributed by atoms with Gasteiger partial charge >= 0.3 is 0 Å². The average molecular weight is 866 g/mol. The van der Waals surface area contributed by atoms with Crippen LogP contribution in [-0.4, -0.2) is 0 Å². The van der Waals surface area contributed by atoms with Crippen molar-refractivity contribution < 1.29 is 4.42 Å². The number of rotatable bonds is 8. The van der Waals surface area contributed by atoms with Crippen LogP contribution < -0.4 is 4.90 Å². The molecule has 0 saturated carbocycles. The molecule has 0 bridgehead atoms. The maximum Gasteiger partial charge on any atom is 0.135 e. The Morgan fingerprint density at radius 3 is 1.49 bits per heavy atom. The normalized spacial score (nSPS) is 11.5. The molecule has 1 aromatic heterocycles. The topological polar surface area (TPSA) is 16.4 Å². The van der Waals surface area contributed by atoms with Gasteiger partial charge in [-0.1, -0.05) is 206 Å². The maximum absolute atomic E-state index is 6.32. The fraction of sp³-hybridized carbons (Fsp3) is 0. The fourth-order valence-electron chi connectivity index (χ4n) is 10.3. The summed E-state index contributed by atoms with van der Waals surface area (Å²) >= 11 is 0. The lowest BCUT2D eigenvalue weighted by molar-refractivity contribution is 0.631. The van der Waals surface area contributed by atoms with Gasteiger partial charge in [0.1, 0.15) is 11.3 Å². The summed E-state index contributed by atoms with van der Waals surface area (Å²) < 4.78 is 6.32. The van der Waals surface area contributed by atoms with Gasteiger partial charge in [-0.3, -0.25) is 0 Å². The summed E-state index contributed by atoms with van der Waals surface area (Å²) in [4.78, 5) is 2.41. The van der Waals surface area contributed by atoms with Gasteiger partial charge in [-0.05, 0) is 137 Å². The predicted molar refractivity (Wildman–Crippen MR) is 288 cm³/mol. The summed E-state index contributed by atoms with van der Waals surface area (Å²) in [6.07, 6.45) is 0. The average Bonchev–Trinajstić information content (AvgIpc) is 3.86. The van der Waals surface area contributed by atoms with Crippen LogP contribution in [-0.2, 0) is 0 Å². The molecule has 0 aliphatic rings. The molecule has 0 N–H and O–H groups in total. The second-order valence-corrected chi connectivity index (χ2v) is 17.6. The fourth-order valence-corrected chi connectivity index (χ4v) is 10.3. The highest BCUT2D eigenvalue weighted by Gasteiger charge is 2.19. The van der Waals surface area contributed by atoms with Gasteiger partial charge in [0.15, 0.2) is 0 Å². The lowest BCUT2D eigenvalue weighted by Crippen LogP contribution is -2.10. The summed E-state index contributed by atoms with van der Waals surface area (Å²) in [6, 6.07) is 94.5. The Labute approximate surface area is 395 Å². The van der Waals surface area contributed by atoms with E-state index in [0.717, 1.165) is 50.3 Å². The zero-order valence-corrected chi connectivity index (χ0v) is 37.2. The van der Waals surface area contributed by atoms with E-state index in [2.05, 4.69) is 254 Å². The van der Waals surface area contributed by atoms with Crippen LogP contribution in [0.25, 0.3) is 110 Å². The number of furan rings is 1. The molecule has 0 spiro atoms. The molecule has 68 heavy (non-hydrogen) atoms. The van der Waals surface area contributed by atoms with Gasteiger partial charge in [-0.2, -0.15) is 0 Å². The molecule has 1 heterocycles. The van der Waals surface area contributed by atoms with Gasteiger partial charge in [0, 0.05) is 27.7 Å². The number of anilines is 3. The van der Waals surface area contributed by atoms with Crippen molar-refractivity contribution in [2.75, 3.05) is 4.90 Å². The Morgan fingerprint density at radius 1 is 0.250 bits per heavy atom. The Bertz CT molecular complexity index is 3970. The molecule has 2 nitrogen and oxygen atoms in total. The van der Waals surface area contributed by atoms with Crippen LogP contribution >= 0.6 is 0 Å². The molecule has 13 rings (SSSR count). The van der Waals surface area contributed by atoms with Crippen LogP contribution in [0.5, 0.6) is 0 Å². The molecule has 13 aromatic rings. The molecule has 2 heteroatoms. The Balaban J connectivity index is 0.912. The first-order chi connectivity index (χ1) is 33.7. The molecular weight excluding hydrogens is 823 g/mol. The second kappa shape index (κ2) is 16.5. The molecule has 318 valence electrons. The van der Waals surface area contributed by atoms with Crippen LogP contribution in [0.15, 0.2) is 265 Å². The van der Waals surface area contributed by atoms with E-state index in [0.29, 0.717) is 0 Å². The Hall–Kier alpha value is -8.98. The summed E-state index contributed by atoms with van der Waals surface area (Å²) in [5.74, 6) is 0.865. The van der Waals surface area contributed by atoms with E-state index in [1.807, 2.05) is 12.1 Å². The largest absolute Gasteiger partial charge is 0.456 e. The van der Waals surface area contributed by atoms with Crippen LogP contribution in [0.3, 0.4) is 0 Å². The lowest BCUT2D eigenvalue weighted by Gasteiger charge is -2.28. The van der Waals surface area contributed by atoms with E-state index < -0.39 is 0 Å². The lowest BCUT2D eigenvalue weighted by atomic mass is 9.93. The number of nitrogens with zero attached hydrogens (tertiary/aromatic N) is 1.